The van der Waals surface area contributed by atoms with Gasteiger partial charge in [0.1, 0.15) is 0 Å². The molecule has 0 fully saturated rings. The van der Waals surface area contributed by atoms with Crippen LogP contribution in [0.4, 0.5) is 11.4 Å². The normalized spacial score (nSPS) is 11.5. The molecule has 46 heavy (non-hydrogen) atoms. The van der Waals surface area contributed by atoms with Crippen molar-refractivity contribution in [1.29, 1.82) is 0 Å². The fraction of sp³-hybridized carbons (Fsp3) is 0. The standard InChI is InChI=1S/C44H30N2/c1-2-11-39(12-3-1)46-42-27-21-33-9-6-7-13-40(33)44(42)41-26-20-36(29-43(41)46)32-18-24-38(25-19-32)45-37-22-16-31(17-23-37)35-15-14-30-8-4-5-10-34(30)28-35/h1-29,45H. The summed E-state index contributed by atoms with van der Waals surface area (Å²) in [6, 6.07) is 63.3. The van der Waals surface area contributed by atoms with Crippen molar-refractivity contribution >= 4 is 54.7 Å². The predicted molar refractivity (Wildman–Crippen MR) is 196 cm³/mol. The van der Waals surface area contributed by atoms with Crippen LogP contribution >= 0.6 is 0 Å². The van der Waals surface area contributed by atoms with Gasteiger partial charge in [0.05, 0.1) is 11.0 Å². The third-order valence-corrected chi connectivity index (χ3v) is 9.14. The van der Waals surface area contributed by atoms with E-state index in [9.17, 15) is 0 Å². The summed E-state index contributed by atoms with van der Waals surface area (Å²) in [7, 11) is 0. The first-order valence-electron chi connectivity index (χ1n) is 15.8. The lowest BCUT2D eigenvalue weighted by Crippen LogP contribution is -1.93. The summed E-state index contributed by atoms with van der Waals surface area (Å²) in [4.78, 5) is 0. The fourth-order valence-electron chi connectivity index (χ4n) is 6.85. The van der Waals surface area contributed by atoms with Crippen LogP contribution in [0.5, 0.6) is 0 Å². The average molecular weight is 587 g/mol. The zero-order chi connectivity index (χ0) is 30.5. The van der Waals surface area contributed by atoms with Crippen LogP contribution in [0.15, 0.2) is 176 Å². The molecule has 0 aliphatic heterocycles. The number of hydrogen-bond acceptors (Lipinski definition) is 1. The van der Waals surface area contributed by atoms with Crippen LogP contribution in [0.3, 0.4) is 0 Å². The maximum atomic E-state index is 3.58. The molecule has 0 amide bonds. The Morgan fingerprint density at radius 3 is 1.65 bits per heavy atom. The second kappa shape index (κ2) is 10.8. The van der Waals surface area contributed by atoms with Crippen LogP contribution in [-0.2, 0) is 0 Å². The summed E-state index contributed by atoms with van der Waals surface area (Å²) in [6.45, 7) is 0. The monoisotopic (exact) mass is 586 g/mol. The van der Waals surface area contributed by atoms with Gasteiger partial charge in [-0.2, -0.15) is 0 Å². The van der Waals surface area contributed by atoms with Crippen molar-refractivity contribution in [2.24, 2.45) is 0 Å². The van der Waals surface area contributed by atoms with Gasteiger partial charge in [0.25, 0.3) is 0 Å². The van der Waals surface area contributed by atoms with Crippen molar-refractivity contribution in [3.05, 3.63) is 176 Å². The molecule has 0 saturated carbocycles. The van der Waals surface area contributed by atoms with Gasteiger partial charge in [0.15, 0.2) is 0 Å². The molecule has 0 radical (unpaired) electrons. The Balaban J connectivity index is 1.04. The molecule has 9 aromatic rings. The molecule has 1 heterocycles. The van der Waals surface area contributed by atoms with Crippen LogP contribution in [-0.4, -0.2) is 4.57 Å². The number of fused-ring (bicyclic) bond motifs is 6. The highest BCUT2D eigenvalue weighted by Crippen LogP contribution is 2.39. The second-order valence-corrected chi connectivity index (χ2v) is 11.9. The largest absolute Gasteiger partial charge is 0.356 e. The third-order valence-electron chi connectivity index (χ3n) is 9.14. The molecule has 0 bridgehead atoms. The number of hydrogen-bond donors (Lipinski definition) is 1. The molecule has 0 spiro atoms. The maximum absolute atomic E-state index is 3.58. The van der Waals surface area contributed by atoms with Gasteiger partial charge in [-0.3, -0.25) is 0 Å². The van der Waals surface area contributed by atoms with Crippen molar-refractivity contribution < 1.29 is 0 Å². The van der Waals surface area contributed by atoms with Crippen LogP contribution < -0.4 is 5.32 Å². The Kier molecular flexibility index (Phi) is 6.17. The van der Waals surface area contributed by atoms with E-state index >= 15 is 0 Å². The first-order valence-corrected chi connectivity index (χ1v) is 15.8. The number of aromatic nitrogens is 1. The minimum atomic E-state index is 1.06. The van der Waals surface area contributed by atoms with Crippen LogP contribution in [0.2, 0.25) is 0 Å². The summed E-state index contributed by atoms with van der Waals surface area (Å²) >= 11 is 0. The molecular formula is C44H30N2. The lowest BCUT2D eigenvalue weighted by atomic mass is 10.0. The predicted octanol–water partition coefficient (Wildman–Crippen LogP) is 12.2. The van der Waals surface area contributed by atoms with Gasteiger partial charge >= 0.3 is 0 Å². The van der Waals surface area contributed by atoms with Crippen LogP contribution in [0.1, 0.15) is 0 Å². The zero-order valence-electron chi connectivity index (χ0n) is 25.2. The van der Waals surface area contributed by atoms with Crippen molar-refractivity contribution in [2.45, 2.75) is 0 Å². The quantitative estimate of drug-likeness (QED) is 0.212. The van der Waals surface area contributed by atoms with E-state index in [0.29, 0.717) is 0 Å². The molecule has 0 aliphatic rings. The van der Waals surface area contributed by atoms with E-state index in [1.54, 1.807) is 0 Å². The molecule has 2 nitrogen and oxygen atoms in total. The zero-order valence-corrected chi connectivity index (χ0v) is 25.2. The highest BCUT2D eigenvalue weighted by atomic mass is 15.0. The Morgan fingerprint density at radius 1 is 0.348 bits per heavy atom. The number of nitrogens with one attached hydrogen (secondary N) is 1. The first kappa shape index (κ1) is 26.3. The number of benzene rings is 8. The summed E-state index contributed by atoms with van der Waals surface area (Å²) in [6.07, 6.45) is 0. The minimum absolute atomic E-state index is 1.06. The Hall–Kier alpha value is -6.12. The van der Waals surface area contributed by atoms with Gasteiger partial charge in [-0.1, -0.05) is 121 Å². The van der Waals surface area contributed by atoms with Gasteiger partial charge in [-0.15, -0.1) is 0 Å². The highest BCUT2D eigenvalue weighted by molar-refractivity contribution is 6.21. The van der Waals surface area contributed by atoms with Crippen LogP contribution in [0, 0.1) is 0 Å². The first-order chi connectivity index (χ1) is 22.8. The second-order valence-electron chi connectivity index (χ2n) is 11.9. The van der Waals surface area contributed by atoms with Crippen LogP contribution in [0.25, 0.3) is 71.3 Å². The Labute approximate surface area is 267 Å². The molecular weight excluding hydrogens is 556 g/mol. The van der Waals surface area contributed by atoms with E-state index in [4.69, 9.17) is 0 Å². The van der Waals surface area contributed by atoms with Gasteiger partial charge in [-0.25, -0.2) is 0 Å². The van der Waals surface area contributed by atoms with Crippen molar-refractivity contribution in [3.63, 3.8) is 0 Å². The van der Waals surface area contributed by atoms with E-state index in [-0.39, 0.29) is 0 Å². The smallest absolute Gasteiger partial charge is 0.0547 e. The van der Waals surface area contributed by atoms with E-state index in [2.05, 4.69) is 186 Å². The molecule has 9 rings (SSSR count). The van der Waals surface area contributed by atoms with E-state index in [1.807, 2.05) is 0 Å². The van der Waals surface area contributed by atoms with Crippen molar-refractivity contribution in [2.75, 3.05) is 5.32 Å². The molecule has 0 atom stereocenters. The molecule has 216 valence electrons. The highest BCUT2D eigenvalue weighted by Gasteiger charge is 2.15. The summed E-state index contributed by atoms with van der Waals surface area (Å²) in [5.74, 6) is 0. The Bertz CT molecular complexity index is 2520. The maximum Gasteiger partial charge on any atom is 0.0547 e. The third kappa shape index (κ3) is 4.51. The summed E-state index contributed by atoms with van der Waals surface area (Å²) < 4.78 is 2.40. The topological polar surface area (TPSA) is 17.0 Å². The lowest BCUT2D eigenvalue weighted by molar-refractivity contribution is 1.18. The van der Waals surface area contributed by atoms with Crippen molar-refractivity contribution in [1.82, 2.24) is 4.57 Å². The molecule has 0 aliphatic carbocycles. The van der Waals surface area contributed by atoms with E-state index in [1.165, 1.54) is 71.3 Å². The molecule has 1 aromatic heterocycles. The van der Waals surface area contributed by atoms with Gasteiger partial charge < -0.3 is 9.88 Å². The molecule has 0 saturated heterocycles. The summed E-state index contributed by atoms with van der Waals surface area (Å²) in [5.41, 5.74) is 10.6. The van der Waals surface area contributed by atoms with E-state index in [0.717, 1.165) is 11.4 Å². The number of rotatable bonds is 5. The molecule has 2 heteroatoms. The van der Waals surface area contributed by atoms with Gasteiger partial charge in [0.2, 0.25) is 0 Å². The molecule has 0 unspecified atom stereocenters. The lowest BCUT2D eigenvalue weighted by Gasteiger charge is -2.11. The number of para-hydroxylation sites is 1. The fourth-order valence-corrected chi connectivity index (χ4v) is 6.85. The Morgan fingerprint density at radius 2 is 0.913 bits per heavy atom. The van der Waals surface area contributed by atoms with Gasteiger partial charge in [0, 0.05) is 27.8 Å². The summed E-state index contributed by atoms with van der Waals surface area (Å²) in [5, 5.41) is 11.2. The minimum Gasteiger partial charge on any atom is -0.356 e. The van der Waals surface area contributed by atoms with E-state index < -0.39 is 0 Å². The van der Waals surface area contributed by atoms with Crippen molar-refractivity contribution in [3.8, 4) is 27.9 Å². The number of nitrogens with zero attached hydrogens (tertiary/aromatic N) is 1. The SMILES string of the molecule is c1ccc(-n2c3cc(-c4ccc(Nc5ccc(-c6ccc7ccccc7c6)cc5)cc4)ccc3c3c4ccccc4ccc32)cc1. The average Bonchev–Trinajstić information content (AvgIpc) is 3.46. The van der Waals surface area contributed by atoms with Gasteiger partial charge in [-0.05, 0) is 98.4 Å². The molecule has 8 aromatic carbocycles. The number of anilines is 2. The molecule has 1 N–H and O–H groups in total.